The first-order valence-corrected chi connectivity index (χ1v) is 18.1. The summed E-state index contributed by atoms with van der Waals surface area (Å²) in [5, 5.41) is 21.4. The van der Waals surface area contributed by atoms with E-state index in [0.29, 0.717) is 25.8 Å². The molecule has 0 bridgehead atoms. The number of aliphatic hydroxyl groups excluding tert-OH is 1. The molecule has 9 heteroatoms. The van der Waals surface area contributed by atoms with Gasteiger partial charge in [-0.05, 0) is 46.2 Å². The zero-order valence-electron chi connectivity index (χ0n) is 29.2. The molecule has 1 amide bonds. The van der Waals surface area contributed by atoms with Crippen LogP contribution in [-0.2, 0) is 38.8 Å². The van der Waals surface area contributed by atoms with Gasteiger partial charge in [0, 0.05) is 70.6 Å². The van der Waals surface area contributed by atoms with Crippen LogP contribution in [0.15, 0.2) is 103 Å². The number of hydrogen-bond donors (Lipinski definition) is 3. The number of carboxylic acid groups (broad SMARTS) is 1. The Bertz CT molecular complexity index is 1690. The molecule has 2 aliphatic heterocycles. The first-order valence-electron chi connectivity index (χ1n) is 18.1. The van der Waals surface area contributed by atoms with Gasteiger partial charge < -0.3 is 25.0 Å². The predicted molar refractivity (Wildman–Crippen MR) is 196 cm³/mol. The van der Waals surface area contributed by atoms with Gasteiger partial charge >= 0.3 is 5.97 Å². The molecule has 2 heterocycles. The number of ether oxygens (including phenoxy) is 2. The Morgan fingerprint density at radius 1 is 0.725 bits per heavy atom. The molecule has 268 valence electrons. The maximum Gasteiger partial charge on any atom is 0.303 e. The molecule has 0 radical (unpaired) electrons. The van der Waals surface area contributed by atoms with Gasteiger partial charge in [0.1, 0.15) is 0 Å². The summed E-state index contributed by atoms with van der Waals surface area (Å²) >= 11 is 0. The number of rotatable bonds is 15. The number of aliphatic hydroxyl groups is 1. The first kappa shape index (κ1) is 36.4. The molecule has 0 saturated carbocycles. The second kappa shape index (κ2) is 18.2. The molecule has 0 aliphatic carbocycles. The van der Waals surface area contributed by atoms with Crippen molar-refractivity contribution in [2.24, 2.45) is 0 Å². The quantitative estimate of drug-likeness (QED) is 0.122. The van der Waals surface area contributed by atoms with Gasteiger partial charge in [-0.2, -0.15) is 0 Å². The maximum absolute atomic E-state index is 12.4. The Morgan fingerprint density at radius 2 is 1.39 bits per heavy atom. The smallest absolute Gasteiger partial charge is 0.303 e. The number of amides is 1. The van der Waals surface area contributed by atoms with E-state index < -0.39 is 12.3 Å². The molecule has 2 fully saturated rings. The lowest BCUT2D eigenvalue weighted by Gasteiger charge is -2.40. The number of piperazine rings is 1. The van der Waals surface area contributed by atoms with Crippen molar-refractivity contribution < 1.29 is 29.3 Å². The van der Waals surface area contributed by atoms with Gasteiger partial charge in [-0.1, -0.05) is 103 Å². The predicted octanol–water partition coefficient (Wildman–Crippen LogP) is 6.47. The van der Waals surface area contributed by atoms with E-state index in [1.807, 2.05) is 42.5 Å². The molecule has 9 nitrogen and oxygen atoms in total. The normalized spacial score (nSPS) is 19.8. The van der Waals surface area contributed by atoms with Crippen molar-refractivity contribution in [3.63, 3.8) is 0 Å². The van der Waals surface area contributed by atoms with Crippen molar-refractivity contribution in [3.8, 4) is 11.1 Å². The van der Waals surface area contributed by atoms with Gasteiger partial charge in [-0.15, -0.1) is 0 Å². The van der Waals surface area contributed by atoms with Gasteiger partial charge in [0.2, 0.25) is 5.91 Å². The minimum atomic E-state index is -0.839. The van der Waals surface area contributed by atoms with E-state index >= 15 is 0 Å². The third kappa shape index (κ3) is 10.6. The largest absolute Gasteiger partial charge is 0.481 e. The number of carboxylic acids is 1. The number of hydrogen-bond acceptors (Lipinski definition) is 7. The average Bonchev–Trinajstić information content (AvgIpc) is 3.17. The SMILES string of the molecule is O=C(O)CCCCC(=O)NCc1ccccc1-c1ccc([C@H]2O[C@@H](CN3CCN(Cc4ccccc4)CC3)C[C@@H](c3ccc(CO)cc3)O2)cc1. The van der Waals surface area contributed by atoms with Gasteiger partial charge in [-0.3, -0.25) is 19.4 Å². The van der Waals surface area contributed by atoms with E-state index in [9.17, 15) is 14.7 Å². The van der Waals surface area contributed by atoms with Crippen molar-refractivity contribution in [2.45, 2.75) is 70.3 Å². The third-order valence-corrected chi connectivity index (χ3v) is 9.82. The highest BCUT2D eigenvalue weighted by molar-refractivity contribution is 5.76. The van der Waals surface area contributed by atoms with Gasteiger partial charge in [-0.25, -0.2) is 0 Å². The summed E-state index contributed by atoms with van der Waals surface area (Å²) in [6, 6.07) is 35.0. The standard InChI is InChI=1S/C42H49N3O6/c46-30-32-14-16-34(17-15-32)39-26-37(29-45-24-22-44(23-25-45)28-31-8-2-1-3-9-31)50-42(51-39)35-20-18-33(19-21-35)38-11-5-4-10-36(38)27-43-40(47)12-6-7-13-41(48)49/h1-5,8-11,14-21,37,39,42,46H,6-7,12-13,22-30H2,(H,43,47)(H,48,49)/t37-,39+,42+/m1/s1. The topological polar surface area (TPSA) is 112 Å². The molecule has 3 N–H and O–H groups in total. The second-order valence-electron chi connectivity index (χ2n) is 13.6. The Balaban J connectivity index is 1.10. The highest BCUT2D eigenvalue weighted by Gasteiger charge is 2.34. The monoisotopic (exact) mass is 691 g/mol. The van der Waals surface area contributed by atoms with Crippen LogP contribution in [0.25, 0.3) is 11.1 Å². The van der Waals surface area contributed by atoms with Gasteiger partial charge in [0.05, 0.1) is 18.8 Å². The second-order valence-corrected chi connectivity index (χ2v) is 13.6. The molecule has 4 aromatic carbocycles. The molecule has 2 aliphatic rings. The zero-order chi connectivity index (χ0) is 35.4. The van der Waals surface area contributed by atoms with E-state index in [2.05, 4.69) is 75.8 Å². The number of carbonyl (C=O) groups excluding carboxylic acids is 1. The number of nitrogens with one attached hydrogen (secondary N) is 1. The summed E-state index contributed by atoms with van der Waals surface area (Å²) in [5.41, 5.74) is 7.31. The van der Waals surface area contributed by atoms with Gasteiger partial charge in [0.15, 0.2) is 6.29 Å². The highest BCUT2D eigenvalue weighted by atomic mass is 16.7. The van der Waals surface area contributed by atoms with Crippen LogP contribution in [0.5, 0.6) is 0 Å². The van der Waals surface area contributed by atoms with Crippen molar-refractivity contribution in [3.05, 3.63) is 131 Å². The Labute approximate surface area is 300 Å². The summed E-state index contributed by atoms with van der Waals surface area (Å²) in [6.45, 7) is 6.24. The van der Waals surface area contributed by atoms with E-state index in [0.717, 1.165) is 79.1 Å². The number of aliphatic carboxylic acids is 1. The average molecular weight is 692 g/mol. The van der Waals surface area contributed by atoms with E-state index in [1.54, 1.807) is 0 Å². The number of carbonyl (C=O) groups is 2. The summed E-state index contributed by atoms with van der Waals surface area (Å²) < 4.78 is 13.3. The third-order valence-electron chi connectivity index (χ3n) is 9.82. The fraction of sp³-hybridized carbons (Fsp3) is 0.381. The van der Waals surface area contributed by atoms with Crippen LogP contribution in [0.2, 0.25) is 0 Å². The summed E-state index contributed by atoms with van der Waals surface area (Å²) in [6.07, 6.45) is 1.48. The van der Waals surface area contributed by atoms with E-state index in [4.69, 9.17) is 14.6 Å². The Morgan fingerprint density at radius 3 is 2.12 bits per heavy atom. The van der Waals surface area contributed by atoms with Crippen molar-refractivity contribution in [1.82, 2.24) is 15.1 Å². The minimum Gasteiger partial charge on any atom is -0.481 e. The molecule has 0 aromatic heterocycles. The highest BCUT2D eigenvalue weighted by Crippen LogP contribution is 2.39. The Kier molecular flexibility index (Phi) is 13.0. The molecule has 0 unspecified atom stereocenters. The van der Waals surface area contributed by atoms with Crippen LogP contribution >= 0.6 is 0 Å². The van der Waals surface area contributed by atoms with Gasteiger partial charge in [0.25, 0.3) is 0 Å². The molecule has 0 spiro atoms. The maximum atomic E-state index is 12.4. The molecule has 51 heavy (non-hydrogen) atoms. The lowest BCUT2D eigenvalue weighted by Crippen LogP contribution is -2.49. The number of nitrogens with zero attached hydrogens (tertiary/aromatic N) is 2. The number of unbranched alkanes of at least 4 members (excludes halogenated alkanes) is 1. The summed E-state index contributed by atoms with van der Waals surface area (Å²) in [7, 11) is 0. The summed E-state index contributed by atoms with van der Waals surface area (Å²) in [4.78, 5) is 28.2. The lowest BCUT2D eigenvalue weighted by atomic mass is 9.97. The zero-order valence-corrected chi connectivity index (χ0v) is 29.2. The van der Waals surface area contributed by atoms with Crippen LogP contribution < -0.4 is 5.32 Å². The number of benzene rings is 4. The van der Waals surface area contributed by atoms with E-state index in [1.165, 1.54) is 5.56 Å². The fourth-order valence-corrected chi connectivity index (χ4v) is 6.91. The molecule has 4 aromatic rings. The van der Waals surface area contributed by atoms with Crippen molar-refractivity contribution in [1.29, 1.82) is 0 Å². The van der Waals surface area contributed by atoms with Crippen LogP contribution in [0.4, 0.5) is 0 Å². The summed E-state index contributed by atoms with van der Waals surface area (Å²) in [5.74, 6) is -0.921. The lowest BCUT2D eigenvalue weighted by molar-refractivity contribution is -0.253. The molecule has 3 atom stereocenters. The van der Waals surface area contributed by atoms with Crippen LogP contribution in [0, 0.1) is 0 Å². The minimum absolute atomic E-state index is 0.00681. The van der Waals surface area contributed by atoms with Crippen molar-refractivity contribution >= 4 is 11.9 Å². The molecule has 2 saturated heterocycles. The van der Waals surface area contributed by atoms with E-state index in [-0.39, 0.29) is 31.1 Å². The molecular weight excluding hydrogens is 642 g/mol. The van der Waals surface area contributed by atoms with Crippen molar-refractivity contribution in [2.75, 3.05) is 32.7 Å². The van der Waals surface area contributed by atoms with Crippen LogP contribution in [0.3, 0.4) is 0 Å². The molecular formula is C42H49N3O6. The van der Waals surface area contributed by atoms with Crippen LogP contribution in [0.1, 0.15) is 72.3 Å². The Hall–Kier alpha value is -4.38. The van der Waals surface area contributed by atoms with Crippen LogP contribution in [-0.4, -0.2) is 70.7 Å². The molecule has 6 rings (SSSR count). The fourth-order valence-electron chi connectivity index (χ4n) is 6.91. The first-order chi connectivity index (χ1) is 24.9.